The maximum Gasteiger partial charge on any atom is 0.107 e. The van der Waals surface area contributed by atoms with Gasteiger partial charge in [-0.05, 0) is 33.6 Å². The van der Waals surface area contributed by atoms with Crippen LogP contribution in [0.1, 0.15) is 5.69 Å². The maximum atomic E-state index is 4.36. The Balaban J connectivity index is 2.34. The van der Waals surface area contributed by atoms with Gasteiger partial charge in [0.1, 0.15) is 5.69 Å². The molecule has 84 valence electrons. The van der Waals surface area contributed by atoms with Gasteiger partial charge in [0.25, 0.3) is 0 Å². The van der Waals surface area contributed by atoms with E-state index < -0.39 is 0 Å². The van der Waals surface area contributed by atoms with E-state index in [9.17, 15) is 0 Å². The predicted molar refractivity (Wildman–Crippen MR) is 74.0 cm³/mol. The Morgan fingerprint density at radius 1 is 1.06 bits per heavy atom. The summed E-state index contributed by atoms with van der Waals surface area (Å²) in [5, 5.41) is 9.83. The molecule has 0 bridgehead atoms. The molecule has 0 fully saturated rings. The molecule has 17 heavy (non-hydrogen) atoms. The number of aromatic nitrogens is 2. The smallest absolute Gasteiger partial charge is 0.107 e. The van der Waals surface area contributed by atoms with E-state index in [1.807, 2.05) is 6.92 Å². The van der Waals surface area contributed by atoms with Crippen LogP contribution in [0.3, 0.4) is 0 Å². The Morgan fingerprint density at radius 2 is 1.82 bits per heavy atom. The zero-order valence-corrected chi connectivity index (χ0v) is 11.0. The van der Waals surface area contributed by atoms with Crippen molar-refractivity contribution in [1.29, 1.82) is 0 Å². The fourth-order valence-corrected chi connectivity index (χ4v) is 2.42. The van der Waals surface area contributed by atoms with Crippen LogP contribution in [0.2, 0.25) is 0 Å². The van der Waals surface area contributed by atoms with Gasteiger partial charge in [0.05, 0.1) is 4.47 Å². The number of benzene rings is 2. The first-order valence-electron chi connectivity index (χ1n) is 5.46. The van der Waals surface area contributed by atoms with Crippen LogP contribution in [0, 0.1) is 6.92 Å². The van der Waals surface area contributed by atoms with E-state index in [4.69, 9.17) is 0 Å². The minimum Gasteiger partial charge on any atom is -0.281 e. The van der Waals surface area contributed by atoms with Gasteiger partial charge in [-0.2, -0.15) is 5.10 Å². The Hall–Kier alpha value is -1.61. The van der Waals surface area contributed by atoms with Crippen molar-refractivity contribution in [1.82, 2.24) is 10.2 Å². The SMILES string of the molecule is Cc1[nH]nc(-c2cccc3ccccc23)c1Br. The summed E-state index contributed by atoms with van der Waals surface area (Å²) in [4.78, 5) is 0. The summed E-state index contributed by atoms with van der Waals surface area (Å²) >= 11 is 3.58. The average Bonchev–Trinajstić information content (AvgIpc) is 2.69. The Bertz CT molecular complexity index is 680. The van der Waals surface area contributed by atoms with E-state index in [1.54, 1.807) is 0 Å². The number of fused-ring (bicyclic) bond motifs is 1. The van der Waals surface area contributed by atoms with Gasteiger partial charge in [-0.25, -0.2) is 0 Å². The number of nitrogens with one attached hydrogen (secondary N) is 1. The van der Waals surface area contributed by atoms with E-state index in [0.717, 1.165) is 21.4 Å². The number of nitrogens with zero attached hydrogens (tertiary/aromatic N) is 1. The van der Waals surface area contributed by atoms with Gasteiger partial charge in [-0.1, -0.05) is 42.5 Å². The molecule has 0 aliphatic carbocycles. The van der Waals surface area contributed by atoms with Crippen molar-refractivity contribution >= 4 is 26.7 Å². The number of hydrogen-bond donors (Lipinski definition) is 1. The Kier molecular flexibility index (Phi) is 2.48. The van der Waals surface area contributed by atoms with Crippen molar-refractivity contribution < 1.29 is 0 Å². The molecule has 0 unspecified atom stereocenters. The van der Waals surface area contributed by atoms with Crippen molar-refractivity contribution in [2.45, 2.75) is 6.92 Å². The first kappa shape index (κ1) is 10.5. The van der Waals surface area contributed by atoms with Crippen LogP contribution >= 0.6 is 15.9 Å². The third-order valence-electron chi connectivity index (χ3n) is 2.92. The molecule has 3 aromatic rings. The molecule has 0 atom stereocenters. The van der Waals surface area contributed by atoms with Gasteiger partial charge in [-0.3, -0.25) is 5.10 Å². The zero-order chi connectivity index (χ0) is 11.8. The topological polar surface area (TPSA) is 28.7 Å². The van der Waals surface area contributed by atoms with Crippen molar-refractivity contribution in [2.24, 2.45) is 0 Å². The molecule has 0 spiro atoms. The molecule has 3 heteroatoms. The highest BCUT2D eigenvalue weighted by Crippen LogP contribution is 2.33. The van der Waals surface area contributed by atoms with Gasteiger partial charge in [0.2, 0.25) is 0 Å². The van der Waals surface area contributed by atoms with Crippen LogP contribution in [0.25, 0.3) is 22.0 Å². The van der Waals surface area contributed by atoms with E-state index in [-0.39, 0.29) is 0 Å². The summed E-state index contributed by atoms with van der Waals surface area (Å²) < 4.78 is 1.04. The molecular weight excluding hydrogens is 276 g/mol. The quantitative estimate of drug-likeness (QED) is 0.710. The van der Waals surface area contributed by atoms with E-state index in [0.29, 0.717) is 0 Å². The molecule has 3 rings (SSSR count). The third-order valence-corrected chi connectivity index (χ3v) is 3.89. The van der Waals surface area contributed by atoms with Crippen molar-refractivity contribution in [2.75, 3.05) is 0 Å². The second-order valence-corrected chi connectivity index (χ2v) is 4.83. The Morgan fingerprint density at radius 3 is 2.59 bits per heavy atom. The third kappa shape index (κ3) is 1.67. The second kappa shape index (κ2) is 4.00. The van der Waals surface area contributed by atoms with Gasteiger partial charge < -0.3 is 0 Å². The summed E-state index contributed by atoms with van der Waals surface area (Å²) in [6.45, 7) is 2.01. The summed E-state index contributed by atoms with van der Waals surface area (Å²) in [5.74, 6) is 0. The lowest BCUT2D eigenvalue weighted by Gasteiger charge is -2.04. The summed E-state index contributed by atoms with van der Waals surface area (Å²) in [6.07, 6.45) is 0. The highest BCUT2D eigenvalue weighted by atomic mass is 79.9. The number of halogens is 1. The van der Waals surface area contributed by atoms with Gasteiger partial charge in [0.15, 0.2) is 0 Å². The molecule has 0 saturated heterocycles. The molecule has 2 aromatic carbocycles. The maximum absolute atomic E-state index is 4.36. The lowest BCUT2D eigenvalue weighted by Crippen LogP contribution is -1.82. The van der Waals surface area contributed by atoms with Gasteiger partial charge in [0, 0.05) is 11.3 Å². The van der Waals surface area contributed by atoms with Crippen LogP contribution in [0.15, 0.2) is 46.9 Å². The van der Waals surface area contributed by atoms with Crippen molar-refractivity contribution in [3.63, 3.8) is 0 Å². The minimum atomic E-state index is 0.972. The van der Waals surface area contributed by atoms with Crippen LogP contribution in [0.5, 0.6) is 0 Å². The fourth-order valence-electron chi connectivity index (χ4n) is 2.03. The molecule has 1 aromatic heterocycles. The number of rotatable bonds is 1. The van der Waals surface area contributed by atoms with Gasteiger partial charge >= 0.3 is 0 Å². The van der Waals surface area contributed by atoms with E-state index in [1.165, 1.54) is 10.8 Å². The summed E-state index contributed by atoms with van der Waals surface area (Å²) in [7, 11) is 0. The standard InChI is InChI=1S/C14H11BrN2/c1-9-13(15)14(17-16-9)12-8-4-6-10-5-2-3-7-11(10)12/h2-8H,1H3,(H,16,17). The first-order chi connectivity index (χ1) is 8.27. The molecule has 1 N–H and O–H groups in total. The van der Waals surface area contributed by atoms with Crippen LogP contribution in [-0.2, 0) is 0 Å². The van der Waals surface area contributed by atoms with E-state index >= 15 is 0 Å². The lowest BCUT2D eigenvalue weighted by atomic mass is 10.0. The molecular formula is C14H11BrN2. The highest BCUT2D eigenvalue weighted by Gasteiger charge is 2.11. The lowest BCUT2D eigenvalue weighted by molar-refractivity contribution is 1.05. The molecule has 0 radical (unpaired) electrons. The van der Waals surface area contributed by atoms with E-state index in [2.05, 4.69) is 68.6 Å². The predicted octanol–water partition coefficient (Wildman–Crippen LogP) is 4.30. The number of aryl methyl sites for hydroxylation is 1. The van der Waals surface area contributed by atoms with Crippen molar-refractivity contribution in [3.05, 3.63) is 52.6 Å². The number of hydrogen-bond acceptors (Lipinski definition) is 1. The van der Waals surface area contributed by atoms with Crippen LogP contribution in [-0.4, -0.2) is 10.2 Å². The molecule has 0 amide bonds. The van der Waals surface area contributed by atoms with Crippen LogP contribution < -0.4 is 0 Å². The minimum absolute atomic E-state index is 0.972. The monoisotopic (exact) mass is 286 g/mol. The summed E-state index contributed by atoms with van der Waals surface area (Å²) in [6, 6.07) is 14.6. The fraction of sp³-hybridized carbons (Fsp3) is 0.0714. The molecule has 0 saturated carbocycles. The first-order valence-corrected chi connectivity index (χ1v) is 6.25. The van der Waals surface area contributed by atoms with Crippen molar-refractivity contribution in [3.8, 4) is 11.3 Å². The molecule has 0 aliphatic heterocycles. The number of H-pyrrole nitrogens is 1. The molecule has 1 heterocycles. The second-order valence-electron chi connectivity index (χ2n) is 4.04. The average molecular weight is 287 g/mol. The van der Waals surface area contributed by atoms with Gasteiger partial charge in [-0.15, -0.1) is 0 Å². The number of aromatic amines is 1. The van der Waals surface area contributed by atoms with Crippen LogP contribution in [0.4, 0.5) is 0 Å². The molecule has 2 nitrogen and oxygen atoms in total. The zero-order valence-electron chi connectivity index (χ0n) is 9.37. The Labute approximate surface area is 108 Å². The highest BCUT2D eigenvalue weighted by molar-refractivity contribution is 9.10. The largest absolute Gasteiger partial charge is 0.281 e. The summed E-state index contributed by atoms with van der Waals surface area (Å²) in [5.41, 5.74) is 3.17. The normalized spacial score (nSPS) is 10.9. The molecule has 0 aliphatic rings.